The molecule has 78 valence electrons. The summed E-state index contributed by atoms with van der Waals surface area (Å²) in [5.41, 5.74) is 10.8. The first-order valence-electron chi connectivity index (χ1n) is 3.67. The van der Waals surface area contributed by atoms with Gasteiger partial charge in [-0.3, -0.25) is 4.79 Å². The van der Waals surface area contributed by atoms with Crippen LogP contribution >= 0.6 is 12.4 Å². The molecule has 1 rings (SSSR count). The van der Waals surface area contributed by atoms with Gasteiger partial charge in [0.2, 0.25) is 0 Å². The Balaban J connectivity index is 0.00000169. The van der Waals surface area contributed by atoms with Crippen molar-refractivity contribution >= 4 is 18.4 Å². The van der Waals surface area contributed by atoms with Crippen molar-refractivity contribution in [1.82, 2.24) is 9.78 Å². The lowest BCUT2D eigenvalue weighted by Gasteiger charge is -1.97. The first-order valence-corrected chi connectivity index (χ1v) is 3.67. The van der Waals surface area contributed by atoms with Crippen LogP contribution in [0.3, 0.4) is 0 Å². The van der Waals surface area contributed by atoms with Crippen LogP contribution in [0.1, 0.15) is 5.56 Å². The summed E-state index contributed by atoms with van der Waals surface area (Å²) in [6.07, 6.45) is 1.55. The van der Waals surface area contributed by atoms with Gasteiger partial charge in [0.25, 0.3) is 5.56 Å². The Kier molecular flexibility index (Phi) is 4.65. The largest absolute Gasteiger partial charge is 0.370 e. The molecule has 0 unspecified atom stereocenters. The SMILES string of the molecule is Cl.Cn1ncc(CN=C(N)N)cc1=O. The predicted molar refractivity (Wildman–Crippen MR) is 56.2 cm³/mol. The molecule has 1 aromatic heterocycles. The number of rotatable bonds is 2. The van der Waals surface area contributed by atoms with Gasteiger partial charge in [0.1, 0.15) is 0 Å². The molecule has 0 fully saturated rings. The van der Waals surface area contributed by atoms with Crippen LogP contribution in [0, 0.1) is 0 Å². The summed E-state index contributed by atoms with van der Waals surface area (Å²) in [5.74, 6) is 0.000627. The van der Waals surface area contributed by atoms with E-state index in [1.165, 1.54) is 10.7 Å². The van der Waals surface area contributed by atoms with Gasteiger partial charge in [0.15, 0.2) is 5.96 Å². The molecule has 6 nitrogen and oxygen atoms in total. The second-order valence-corrected chi connectivity index (χ2v) is 2.57. The molecule has 0 atom stereocenters. The zero-order valence-corrected chi connectivity index (χ0v) is 8.49. The van der Waals surface area contributed by atoms with Gasteiger partial charge in [0.05, 0.1) is 12.7 Å². The van der Waals surface area contributed by atoms with Gasteiger partial charge in [-0.25, -0.2) is 9.67 Å². The molecule has 0 saturated heterocycles. The third-order valence-electron chi connectivity index (χ3n) is 1.47. The molecule has 0 spiro atoms. The molecule has 0 aliphatic carbocycles. The fraction of sp³-hybridized carbons (Fsp3) is 0.286. The van der Waals surface area contributed by atoms with Crippen molar-refractivity contribution in [1.29, 1.82) is 0 Å². The Hall–Kier alpha value is -1.56. The molecular formula is C7H12ClN5O. The maximum Gasteiger partial charge on any atom is 0.266 e. The third kappa shape index (κ3) is 3.44. The number of hydrogen-bond acceptors (Lipinski definition) is 3. The van der Waals surface area contributed by atoms with Crippen LogP contribution in [0.2, 0.25) is 0 Å². The minimum absolute atomic E-state index is 0. The van der Waals surface area contributed by atoms with Gasteiger partial charge < -0.3 is 11.5 Å². The molecule has 0 saturated carbocycles. The lowest BCUT2D eigenvalue weighted by Crippen LogP contribution is -2.23. The highest BCUT2D eigenvalue weighted by Crippen LogP contribution is 1.93. The molecule has 0 bridgehead atoms. The van der Waals surface area contributed by atoms with Crippen LogP contribution < -0.4 is 17.0 Å². The molecule has 0 amide bonds. The van der Waals surface area contributed by atoms with E-state index in [0.717, 1.165) is 0 Å². The monoisotopic (exact) mass is 217 g/mol. The Bertz CT molecular complexity index is 382. The summed E-state index contributed by atoms with van der Waals surface area (Å²) in [7, 11) is 1.58. The van der Waals surface area contributed by atoms with Crippen molar-refractivity contribution in [2.24, 2.45) is 23.5 Å². The maximum atomic E-state index is 11.1. The van der Waals surface area contributed by atoms with E-state index in [4.69, 9.17) is 11.5 Å². The summed E-state index contributed by atoms with van der Waals surface area (Å²) in [6.45, 7) is 0.283. The average molecular weight is 218 g/mol. The van der Waals surface area contributed by atoms with Crippen LogP contribution in [-0.2, 0) is 13.6 Å². The number of halogens is 1. The van der Waals surface area contributed by atoms with Crippen LogP contribution in [0.5, 0.6) is 0 Å². The second kappa shape index (κ2) is 5.23. The van der Waals surface area contributed by atoms with Gasteiger partial charge in [-0.1, -0.05) is 0 Å². The molecule has 0 aliphatic rings. The van der Waals surface area contributed by atoms with Crippen molar-refractivity contribution in [3.8, 4) is 0 Å². The Labute approximate surface area is 87.0 Å². The first-order chi connectivity index (χ1) is 6.09. The summed E-state index contributed by atoms with van der Waals surface area (Å²) < 4.78 is 1.24. The van der Waals surface area contributed by atoms with Gasteiger partial charge >= 0.3 is 0 Å². The van der Waals surface area contributed by atoms with E-state index in [0.29, 0.717) is 5.56 Å². The van der Waals surface area contributed by atoms with Crippen LogP contribution in [-0.4, -0.2) is 15.7 Å². The number of guanidine groups is 1. The predicted octanol–water partition coefficient (Wildman–Crippen LogP) is -1.02. The van der Waals surface area contributed by atoms with Crippen molar-refractivity contribution in [3.05, 3.63) is 28.2 Å². The minimum Gasteiger partial charge on any atom is -0.370 e. The molecule has 4 N–H and O–H groups in total. The number of nitrogens with two attached hydrogens (primary N) is 2. The molecule has 0 radical (unpaired) electrons. The molecule has 1 aromatic rings. The van der Waals surface area contributed by atoms with Crippen LogP contribution in [0.4, 0.5) is 0 Å². The molecular weight excluding hydrogens is 206 g/mol. The summed E-state index contributed by atoms with van der Waals surface area (Å²) in [4.78, 5) is 14.8. The number of aryl methyl sites for hydroxylation is 1. The molecule has 1 heterocycles. The Morgan fingerprint density at radius 1 is 1.64 bits per heavy atom. The van der Waals surface area contributed by atoms with Crippen LogP contribution in [0.15, 0.2) is 22.1 Å². The van der Waals surface area contributed by atoms with E-state index < -0.39 is 0 Å². The smallest absolute Gasteiger partial charge is 0.266 e. The van der Waals surface area contributed by atoms with Crippen molar-refractivity contribution < 1.29 is 0 Å². The van der Waals surface area contributed by atoms with Gasteiger partial charge in [-0.05, 0) is 5.56 Å². The Morgan fingerprint density at radius 3 is 2.79 bits per heavy atom. The standard InChI is InChI=1S/C7H11N5O.ClH/c1-12-6(13)2-5(4-11-12)3-10-7(8)9;/h2,4H,3H2,1H3,(H4,8,9,10);1H. The second-order valence-electron chi connectivity index (χ2n) is 2.57. The van der Waals surface area contributed by atoms with E-state index in [2.05, 4.69) is 10.1 Å². The highest BCUT2D eigenvalue weighted by atomic mass is 35.5. The molecule has 14 heavy (non-hydrogen) atoms. The number of aromatic nitrogens is 2. The van der Waals surface area contributed by atoms with Crippen LogP contribution in [0.25, 0.3) is 0 Å². The lowest BCUT2D eigenvalue weighted by molar-refractivity contribution is 0.699. The van der Waals surface area contributed by atoms with Crippen molar-refractivity contribution in [2.45, 2.75) is 6.54 Å². The Morgan fingerprint density at radius 2 is 2.29 bits per heavy atom. The fourth-order valence-corrected chi connectivity index (χ4v) is 0.776. The highest BCUT2D eigenvalue weighted by Gasteiger charge is 1.95. The summed E-state index contributed by atoms with van der Waals surface area (Å²) >= 11 is 0. The van der Waals surface area contributed by atoms with Gasteiger partial charge in [0, 0.05) is 13.1 Å². The molecule has 0 aliphatic heterocycles. The fourth-order valence-electron chi connectivity index (χ4n) is 0.776. The quantitative estimate of drug-likeness (QED) is 0.489. The average Bonchev–Trinajstić information content (AvgIpc) is 2.07. The van der Waals surface area contributed by atoms with Crippen molar-refractivity contribution in [2.75, 3.05) is 0 Å². The first kappa shape index (κ1) is 12.4. The molecule has 7 heteroatoms. The van der Waals surface area contributed by atoms with E-state index in [9.17, 15) is 4.79 Å². The van der Waals surface area contributed by atoms with Crippen molar-refractivity contribution in [3.63, 3.8) is 0 Å². The normalized spacial score (nSPS) is 8.93. The van der Waals surface area contributed by atoms with Gasteiger partial charge in [-0.15, -0.1) is 12.4 Å². The zero-order valence-electron chi connectivity index (χ0n) is 7.67. The zero-order chi connectivity index (χ0) is 9.84. The van der Waals surface area contributed by atoms with E-state index >= 15 is 0 Å². The minimum atomic E-state index is -0.178. The number of aliphatic imine (C=N–C) groups is 1. The molecule has 0 aromatic carbocycles. The van der Waals surface area contributed by atoms with Gasteiger partial charge in [-0.2, -0.15) is 5.10 Å². The maximum absolute atomic E-state index is 11.1. The van der Waals surface area contributed by atoms with E-state index in [1.807, 2.05) is 0 Å². The van der Waals surface area contributed by atoms with E-state index in [-0.39, 0.29) is 30.5 Å². The third-order valence-corrected chi connectivity index (χ3v) is 1.47. The van der Waals surface area contributed by atoms with E-state index in [1.54, 1.807) is 13.2 Å². The highest BCUT2D eigenvalue weighted by molar-refractivity contribution is 5.85. The summed E-state index contributed by atoms with van der Waals surface area (Å²) in [5, 5.41) is 3.81. The topological polar surface area (TPSA) is 99.3 Å². The lowest BCUT2D eigenvalue weighted by atomic mass is 10.3. The number of nitrogens with zero attached hydrogens (tertiary/aromatic N) is 3. The summed E-state index contributed by atoms with van der Waals surface area (Å²) in [6, 6.07) is 1.44. The number of hydrogen-bond donors (Lipinski definition) is 2.